The molecular weight excluding hydrogens is 265 g/mol. The summed E-state index contributed by atoms with van der Waals surface area (Å²) in [5.74, 6) is -1.07. The largest absolute Gasteiger partial charge is 0.376 e. The molecule has 0 unspecified atom stereocenters. The van der Waals surface area contributed by atoms with Gasteiger partial charge in [0.1, 0.15) is 12.1 Å². The third-order valence-electron chi connectivity index (χ3n) is 2.84. The van der Waals surface area contributed by atoms with Gasteiger partial charge in [-0.3, -0.25) is 9.59 Å². The summed E-state index contributed by atoms with van der Waals surface area (Å²) in [6, 6.07) is 2.38. The lowest BCUT2D eigenvalue weighted by Crippen LogP contribution is -2.20. The molecule has 0 aliphatic heterocycles. The summed E-state index contributed by atoms with van der Waals surface area (Å²) in [5.41, 5.74) is -0.218. The molecule has 0 saturated carbocycles. The molecule has 7 heteroatoms. The first-order chi connectivity index (χ1) is 9.58. The number of aromatic amines is 1. The topological polar surface area (TPSA) is 91.1 Å². The molecule has 0 fully saturated rings. The maximum Gasteiger partial charge on any atom is 0.255 e. The molecule has 0 radical (unpaired) electrons. The van der Waals surface area contributed by atoms with Crippen LogP contribution in [-0.2, 0) is 4.79 Å². The second-order valence-electron chi connectivity index (χ2n) is 4.04. The molecule has 2 aromatic rings. The molecule has 3 N–H and O–H groups in total. The summed E-state index contributed by atoms with van der Waals surface area (Å²) in [6.45, 7) is -0.0685. The Hall–Kier alpha value is -2.70. The average molecular weight is 277 g/mol. The van der Waals surface area contributed by atoms with Crippen molar-refractivity contribution in [2.75, 3.05) is 18.9 Å². The van der Waals surface area contributed by atoms with Crippen LogP contribution in [0.1, 0.15) is 10.4 Å². The van der Waals surface area contributed by atoms with Crippen molar-refractivity contribution in [3.63, 3.8) is 0 Å². The average Bonchev–Trinajstić information content (AvgIpc) is 2.45. The Kier molecular flexibility index (Phi) is 3.79. The SMILES string of the molecule is CNC(=O)c1c[nH]c(=O)c2cc(F)c(NCC=O)cc12. The molecule has 20 heavy (non-hydrogen) atoms. The highest BCUT2D eigenvalue weighted by molar-refractivity contribution is 6.07. The van der Waals surface area contributed by atoms with E-state index in [0.717, 1.165) is 6.07 Å². The van der Waals surface area contributed by atoms with Gasteiger partial charge in [0.2, 0.25) is 0 Å². The Morgan fingerprint density at radius 1 is 1.40 bits per heavy atom. The number of carbonyl (C=O) groups excluding carboxylic acids is 2. The first-order valence-corrected chi connectivity index (χ1v) is 5.83. The van der Waals surface area contributed by atoms with E-state index >= 15 is 0 Å². The summed E-state index contributed by atoms with van der Waals surface area (Å²) in [4.78, 5) is 36.1. The Labute approximate surface area is 113 Å². The van der Waals surface area contributed by atoms with Gasteiger partial charge in [-0.2, -0.15) is 0 Å². The molecular formula is C13H12FN3O3. The van der Waals surface area contributed by atoms with Crippen LogP contribution < -0.4 is 16.2 Å². The number of nitrogens with one attached hydrogen (secondary N) is 3. The van der Waals surface area contributed by atoms with Crippen molar-refractivity contribution >= 4 is 28.7 Å². The summed E-state index contributed by atoms with van der Waals surface area (Å²) in [5, 5.41) is 5.39. The summed E-state index contributed by atoms with van der Waals surface area (Å²) < 4.78 is 13.8. The van der Waals surface area contributed by atoms with Gasteiger partial charge in [-0.1, -0.05) is 0 Å². The van der Waals surface area contributed by atoms with Crippen molar-refractivity contribution in [3.05, 3.63) is 40.1 Å². The van der Waals surface area contributed by atoms with Gasteiger partial charge >= 0.3 is 0 Å². The number of hydrogen-bond donors (Lipinski definition) is 3. The van der Waals surface area contributed by atoms with Crippen LogP contribution in [-0.4, -0.2) is 30.8 Å². The van der Waals surface area contributed by atoms with Crippen LogP contribution in [0.4, 0.5) is 10.1 Å². The van der Waals surface area contributed by atoms with Crippen LogP contribution in [0.15, 0.2) is 23.1 Å². The Bertz CT molecular complexity index is 739. The number of hydrogen-bond acceptors (Lipinski definition) is 4. The summed E-state index contributed by atoms with van der Waals surface area (Å²) in [6.07, 6.45) is 1.85. The zero-order chi connectivity index (χ0) is 14.7. The molecule has 0 saturated heterocycles. The molecule has 0 aliphatic carbocycles. The highest BCUT2D eigenvalue weighted by Gasteiger charge is 2.14. The minimum absolute atomic E-state index is 0.0559. The number of carbonyl (C=O) groups is 2. The first-order valence-electron chi connectivity index (χ1n) is 5.83. The molecule has 2 rings (SSSR count). The van der Waals surface area contributed by atoms with Crippen molar-refractivity contribution in [1.29, 1.82) is 0 Å². The van der Waals surface area contributed by atoms with Crippen LogP contribution in [0.25, 0.3) is 10.8 Å². The van der Waals surface area contributed by atoms with Gasteiger partial charge in [0, 0.05) is 18.6 Å². The molecule has 1 heterocycles. The first kappa shape index (κ1) is 13.7. The van der Waals surface area contributed by atoms with E-state index in [4.69, 9.17) is 0 Å². The van der Waals surface area contributed by atoms with E-state index in [-0.39, 0.29) is 23.2 Å². The molecule has 1 aromatic heterocycles. The van der Waals surface area contributed by atoms with E-state index in [1.54, 1.807) is 0 Å². The van der Waals surface area contributed by atoms with Crippen LogP contribution in [0, 0.1) is 5.82 Å². The van der Waals surface area contributed by atoms with E-state index in [0.29, 0.717) is 11.7 Å². The van der Waals surface area contributed by atoms with Gasteiger partial charge in [-0.25, -0.2) is 4.39 Å². The number of amides is 1. The molecule has 0 aliphatic rings. The van der Waals surface area contributed by atoms with Crippen LogP contribution in [0.2, 0.25) is 0 Å². The minimum Gasteiger partial charge on any atom is -0.376 e. The fourth-order valence-electron chi connectivity index (χ4n) is 1.89. The van der Waals surface area contributed by atoms with Crippen molar-refractivity contribution in [2.45, 2.75) is 0 Å². The monoisotopic (exact) mass is 277 g/mol. The normalized spacial score (nSPS) is 10.3. The zero-order valence-electron chi connectivity index (χ0n) is 10.6. The van der Waals surface area contributed by atoms with E-state index in [2.05, 4.69) is 15.6 Å². The maximum atomic E-state index is 13.8. The standard InChI is InChI=1S/C13H12FN3O3/c1-15-12(19)9-6-17-13(20)8-4-10(14)11(5-7(8)9)16-2-3-18/h3-6,16H,2H2,1H3,(H,15,19)(H,17,20). The number of aromatic nitrogens is 1. The Morgan fingerprint density at radius 3 is 2.80 bits per heavy atom. The molecule has 1 amide bonds. The van der Waals surface area contributed by atoms with Crippen molar-refractivity contribution in [3.8, 4) is 0 Å². The molecule has 6 nitrogen and oxygen atoms in total. The maximum absolute atomic E-state index is 13.8. The number of benzene rings is 1. The van der Waals surface area contributed by atoms with Gasteiger partial charge in [0.15, 0.2) is 0 Å². The van der Waals surface area contributed by atoms with Crippen molar-refractivity contribution in [2.24, 2.45) is 0 Å². The smallest absolute Gasteiger partial charge is 0.255 e. The van der Waals surface area contributed by atoms with Crippen molar-refractivity contribution in [1.82, 2.24) is 10.3 Å². The lowest BCUT2D eigenvalue weighted by Gasteiger charge is -2.09. The number of halogens is 1. The van der Waals surface area contributed by atoms with Gasteiger partial charge in [-0.05, 0) is 12.1 Å². The third kappa shape index (κ3) is 2.37. The third-order valence-corrected chi connectivity index (χ3v) is 2.84. The number of pyridine rings is 1. The molecule has 0 spiro atoms. The number of aldehydes is 1. The quantitative estimate of drug-likeness (QED) is 0.715. The Balaban J connectivity index is 2.71. The number of H-pyrrole nitrogens is 1. The summed E-state index contributed by atoms with van der Waals surface area (Å²) in [7, 11) is 1.45. The van der Waals surface area contributed by atoms with E-state index < -0.39 is 17.3 Å². The molecule has 0 atom stereocenters. The van der Waals surface area contributed by atoms with Gasteiger partial charge in [0.05, 0.1) is 23.2 Å². The van der Waals surface area contributed by atoms with Crippen LogP contribution >= 0.6 is 0 Å². The minimum atomic E-state index is -0.668. The van der Waals surface area contributed by atoms with Crippen LogP contribution in [0.5, 0.6) is 0 Å². The van der Waals surface area contributed by atoms with Crippen molar-refractivity contribution < 1.29 is 14.0 Å². The second-order valence-corrected chi connectivity index (χ2v) is 4.04. The van der Waals surface area contributed by atoms with E-state index in [1.807, 2.05) is 0 Å². The van der Waals surface area contributed by atoms with Gasteiger partial charge in [-0.15, -0.1) is 0 Å². The fraction of sp³-hybridized carbons (Fsp3) is 0.154. The van der Waals surface area contributed by atoms with E-state index in [1.165, 1.54) is 19.3 Å². The summed E-state index contributed by atoms with van der Waals surface area (Å²) >= 11 is 0. The lowest BCUT2D eigenvalue weighted by molar-refractivity contribution is -0.106. The number of anilines is 1. The zero-order valence-corrected chi connectivity index (χ0v) is 10.6. The predicted molar refractivity (Wildman–Crippen MR) is 72.5 cm³/mol. The second kappa shape index (κ2) is 5.52. The number of rotatable bonds is 4. The highest BCUT2D eigenvalue weighted by atomic mass is 19.1. The number of fused-ring (bicyclic) bond motifs is 1. The Morgan fingerprint density at radius 2 is 2.15 bits per heavy atom. The lowest BCUT2D eigenvalue weighted by atomic mass is 10.1. The van der Waals surface area contributed by atoms with Crippen LogP contribution in [0.3, 0.4) is 0 Å². The fourth-order valence-corrected chi connectivity index (χ4v) is 1.89. The van der Waals surface area contributed by atoms with Gasteiger partial charge < -0.3 is 20.4 Å². The van der Waals surface area contributed by atoms with E-state index in [9.17, 15) is 18.8 Å². The van der Waals surface area contributed by atoms with Gasteiger partial charge in [0.25, 0.3) is 11.5 Å². The molecule has 0 bridgehead atoms. The molecule has 1 aromatic carbocycles. The highest BCUT2D eigenvalue weighted by Crippen LogP contribution is 2.23. The molecule has 104 valence electrons. The predicted octanol–water partition coefficient (Wildman–Crippen LogP) is 0.638.